The first-order chi connectivity index (χ1) is 11.7. The Kier molecular flexibility index (Phi) is 3.90. The van der Waals surface area contributed by atoms with Gasteiger partial charge in [-0.15, -0.1) is 10.2 Å². The number of rotatable bonds is 4. The minimum atomic E-state index is 0.309. The van der Waals surface area contributed by atoms with Gasteiger partial charge in [0, 0.05) is 20.1 Å². The Balaban J connectivity index is 1.45. The third-order valence-corrected chi connectivity index (χ3v) is 4.75. The Labute approximate surface area is 141 Å². The Morgan fingerprint density at radius 1 is 1.25 bits per heavy atom. The molecule has 0 bridgehead atoms. The van der Waals surface area contributed by atoms with E-state index in [9.17, 15) is 0 Å². The first kappa shape index (κ1) is 15.1. The second-order valence-electron chi connectivity index (χ2n) is 6.48. The smallest absolute Gasteiger partial charge is 0.265 e. The molecule has 2 aromatic heterocycles. The van der Waals surface area contributed by atoms with Crippen molar-refractivity contribution in [3.05, 3.63) is 53.8 Å². The van der Waals surface area contributed by atoms with Crippen LogP contribution in [0.2, 0.25) is 0 Å². The van der Waals surface area contributed by atoms with Crippen molar-refractivity contribution in [1.82, 2.24) is 24.6 Å². The SMILES string of the molecule is Cc1ccccc1CN1CC[C@H](c2nnc(-c3cncn3C)o2)C1. The number of benzene rings is 1. The molecule has 3 heterocycles. The Morgan fingerprint density at radius 3 is 2.92 bits per heavy atom. The summed E-state index contributed by atoms with van der Waals surface area (Å²) < 4.78 is 7.79. The van der Waals surface area contributed by atoms with E-state index in [0.29, 0.717) is 11.8 Å². The number of imidazole rings is 1. The molecule has 1 aliphatic heterocycles. The van der Waals surface area contributed by atoms with E-state index in [4.69, 9.17) is 4.42 Å². The lowest BCUT2D eigenvalue weighted by atomic mass is 10.1. The molecule has 24 heavy (non-hydrogen) atoms. The van der Waals surface area contributed by atoms with Gasteiger partial charge in [-0.05, 0) is 31.0 Å². The van der Waals surface area contributed by atoms with Crippen LogP contribution in [0.3, 0.4) is 0 Å². The van der Waals surface area contributed by atoms with E-state index in [2.05, 4.69) is 51.3 Å². The van der Waals surface area contributed by atoms with Gasteiger partial charge in [0.15, 0.2) is 0 Å². The number of hydrogen-bond donors (Lipinski definition) is 0. The fourth-order valence-electron chi connectivity index (χ4n) is 3.27. The zero-order chi connectivity index (χ0) is 16.5. The molecule has 6 heteroatoms. The molecule has 4 rings (SSSR count). The second kappa shape index (κ2) is 6.20. The van der Waals surface area contributed by atoms with Crippen LogP contribution in [0.15, 0.2) is 41.2 Å². The van der Waals surface area contributed by atoms with Crippen LogP contribution in [-0.2, 0) is 13.6 Å². The van der Waals surface area contributed by atoms with Crippen molar-refractivity contribution in [1.29, 1.82) is 0 Å². The molecule has 0 saturated carbocycles. The van der Waals surface area contributed by atoms with Crippen LogP contribution in [0, 0.1) is 6.92 Å². The molecule has 1 fully saturated rings. The summed E-state index contributed by atoms with van der Waals surface area (Å²) >= 11 is 0. The van der Waals surface area contributed by atoms with Crippen molar-refractivity contribution in [2.75, 3.05) is 13.1 Å². The van der Waals surface area contributed by atoms with Gasteiger partial charge in [0.2, 0.25) is 5.89 Å². The molecule has 0 unspecified atom stereocenters. The van der Waals surface area contributed by atoms with Gasteiger partial charge in [-0.25, -0.2) is 4.98 Å². The van der Waals surface area contributed by atoms with Crippen LogP contribution in [-0.4, -0.2) is 37.7 Å². The molecule has 0 N–H and O–H groups in total. The number of hydrogen-bond acceptors (Lipinski definition) is 5. The molecular weight excluding hydrogens is 302 g/mol. The fourth-order valence-corrected chi connectivity index (χ4v) is 3.27. The van der Waals surface area contributed by atoms with Gasteiger partial charge in [0.1, 0.15) is 5.69 Å². The molecule has 1 aromatic carbocycles. The van der Waals surface area contributed by atoms with E-state index in [1.807, 2.05) is 11.6 Å². The summed E-state index contributed by atoms with van der Waals surface area (Å²) in [6, 6.07) is 8.56. The van der Waals surface area contributed by atoms with Crippen molar-refractivity contribution >= 4 is 0 Å². The monoisotopic (exact) mass is 323 g/mol. The minimum absolute atomic E-state index is 0.309. The summed E-state index contributed by atoms with van der Waals surface area (Å²) in [6.45, 7) is 5.16. The normalized spacial score (nSPS) is 18.3. The fraction of sp³-hybridized carbons (Fsp3) is 0.389. The van der Waals surface area contributed by atoms with Gasteiger partial charge >= 0.3 is 0 Å². The standard InChI is InChI=1S/C18H21N5O/c1-13-5-3-4-6-14(13)10-23-8-7-15(11-23)17-20-21-18(24-17)16-9-19-12-22(16)2/h3-6,9,12,15H,7-8,10-11H2,1-2H3/t15-/m0/s1. The van der Waals surface area contributed by atoms with Gasteiger partial charge in [-0.2, -0.15) is 0 Å². The molecule has 0 aliphatic carbocycles. The third kappa shape index (κ3) is 2.85. The maximum absolute atomic E-state index is 5.91. The first-order valence-corrected chi connectivity index (χ1v) is 8.27. The minimum Gasteiger partial charge on any atom is -0.419 e. The molecule has 1 saturated heterocycles. The zero-order valence-electron chi connectivity index (χ0n) is 14.0. The van der Waals surface area contributed by atoms with Crippen LogP contribution in [0.1, 0.15) is 29.4 Å². The summed E-state index contributed by atoms with van der Waals surface area (Å²) in [4.78, 5) is 6.56. The van der Waals surface area contributed by atoms with Crippen molar-refractivity contribution < 1.29 is 4.42 Å². The van der Waals surface area contributed by atoms with Gasteiger partial charge < -0.3 is 8.98 Å². The number of aryl methyl sites for hydroxylation is 2. The topological polar surface area (TPSA) is 60.0 Å². The first-order valence-electron chi connectivity index (χ1n) is 8.27. The number of nitrogens with zero attached hydrogens (tertiary/aromatic N) is 5. The van der Waals surface area contributed by atoms with Crippen molar-refractivity contribution in [2.45, 2.75) is 25.8 Å². The van der Waals surface area contributed by atoms with E-state index < -0.39 is 0 Å². The molecule has 3 aromatic rings. The van der Waals surface area contributed by atoms with Gasteiger partial charge in [-0.3, -0.25) is 4.90 Å². The van der Waals surface area contributed by atoms with Crippen molar-refractivity contribution in [3.8, 4) is 11.6 Å². The highest BCUT2D eigenvalue weighted by atomic mass is 16.4. The quantitative estimate of drug-likeness (QED) is 0.739. The van der Waals surface area contributed by atoms with E-state index in [1.165, 1.54) is 11.1 Å². The van der Waals surface area contributed by atoms with Crippen LogP contribution < -0.4 is 0 Å². The molecule has 6 nitrogen and oxygen atoms in total. The summed E-state index contributed by atoms with van der Waals surface area (Å²) in [7, 11) is 1.92. The lowest BCUT2D eigenvalue weighted by Gasteiger charge is -2.16. The predicted octanol–water partition coefficient (Wildman–Crippen LogP) is 2.77. The Bertz CT molecular complexity index is 837. The molecule has 0 amide bonds. The molecule has 1 atom stereocenters. The number of aromatic nitrogens is 4. The van der Waals surface area contributed by atoms with Gasteiger partial charge in [-0.1, -0.05) is 24.3 Å². The molecule has 0 radical (unpaired) electrons. The molecule has 1 aliphatic rings. The van der Waals surface area contributed by atoms with Gasteiger partial charge in [0.05, 0.1) is 18.4 Å². The molecule has 124 valence electrons. The zero-order valence-corrected chi connectivity index (χ0v) is 14.0. The van der Waals surface area contributed by atoms with E-state index in [1.54, 1.807) is 12.5 Å². The Morgan fingerprint density at radius 2 is 2.12 bits per heavy atom. The highest BCUT2D eigenvalue weighted by molar-refractivity contribution is 5.44. The van der Waals surface area contributed by atoms with E-state index in [-0.39, 0.29) is 0 Å². The number of likely N-dealkylation sites (tertiary alicyclic amines) is 1. The average Bonchev–Trinajstić information content (AvgIpc) is 3.29. The van der Waals surface area contributed by atoms with Crippen molar-refractivity contribution in [3.63, 3.8) is 0 Å². The predicted molar refractivity (Wildman–Crippen MR) is 90.3 cm³/mol. The summed E-state index contributed by atoms with van der Waals surface area (Å²) in [5.41, 5.74) is 3.58. The molecular formula is C18H21N5O. The van der Waals surface area contributed by atoms with E-state index in [0.717, 1.165) is 37.6 Å². The van der Waals surface area contributed by atoms with Crippen LogP contribution in [0.5, 0.6) is 0 Å². The summed E-state index contributed by atoms with van der Waals surface area (Å²) in [6.07, 6.45) is 4.54. The average molecular weight is 323 g/mol. The summed E-state index contributed by atoms with van der Waals surface area (Å²) in [5.74, 6) is 1.59. The largest absolute Gasteiger partial charge is 0.419 e. The molecule has 0 spiro atoms. The Hall–Kier alpha value is -2.47. The van der Waals surface area contributed by atoms with Crippen LogP contribution in [0.25, 0.3) is 11.6 Å². The lowest BCUT2D eigenvalue weighted by Crippen LogP contribution is -2.20. The van der Waals surface area contributed by atoms with Gasteiger partial charge in [0.25, 0.3) is 5.89 Å². The lowest BCUT2D eigenvalue weighted by molar-refractivity contribution is 0.319. The maximum atomic E-state index is 5.91. The maximum Gasteiger partial charge on any atom is 0.265 e. The highest BCUT2D eigenvalue weighted by Crippen LogP contribution is 2.29. The highest BCUT2D eigenvalue weighted by Gasteiger charge is 2.28. The van der Waals surface area contributed by atoms with Crippen LogP contribution in [0.4, 0.5) is 0 Å². The third-order valence-electron chi connectivity index (χ3n) is 4.75. The van der Waals surface area contributed by atoms with E-state index >= 15 is 0 Å². The second-order valence-corrected chi connectivity index (χ2v) is 6.48. The summed E-state index contributed by atoms with van der Waals surface area (Å²) in [5, 5.41) is 8.46. The van der Waals surface area contributed by atoms with Crippen molar-refractivity contribution in [2.24, 2.45) is 7.05 Å². The van der Waals surface area contributed by atoms with Crippen LogP contribution >= 0.6 is 0 Å².